The van der Waals surface area contributed by atoms with E-state index < -0.39 is 12.7 Å². The van der Waals surface area contributed by atoms with Crippen molar-refractivity contribution in [2.24, 2.45) is 16.6 Å². The predicted octanol–water partition coefficient (Wildman–Crippen LogP) is 1.90. The number of hydrogen-bond donors (Lipinski definition) is 2. The molecule has 0 atom stereocenters. The fraction of sp³-hybridized carbons (Fsp3) is 0.941. The number of rotatable bonds is 8. The zero-order chi connectivity index (χ0) is 18.8. The van der Waals surface area contributed by atoms with Gasteiger partial charge in [0.2, 0.25) is 0 Å². The van der Waals surface area contributed by atoms with E-state index in [0.717, 1.165) is 65.1 Å². The van der Waals surface area contributed by atoms with Gasteiger partial charge in [0.15, 0.2) is 5.96 Å². The van der Waals surface area contributed by atoms with E-state index in [9.17, 15) is 13.2 Å². The highest BCUT2D eigenvalue weighted by Crippen LogP contribution is 2.23. The molecule has 27 heavy (non-hydrogen) atoms. The van der Waals surface area contributed by atoms with Crippen LogP contribution in [0.5, 0.6) is 0 Å². The molecule has 160 valence electrons. The number of hydrogen-bond acceptors (Lipinski definition) is 4. The summed E-state index contributed by atoms with van der Waals surface area (Å²) in [5, 5.41) is 3.12. The number of morpholine rings is 1. The number of piperidine rings is 1. The summed E-state index contributed by atoms with van der Waals surface area (Å²) in [5.74, 6) is 0.919. The first kappa shape index (κ1) is 24.7. The van der Waals surface area contributed by atoms with Gasteiger partial charge in [0.05, 0.1) is 19.8 Å². The molecule has 2 rings (SSSR count). The van der Waals surface area contributed by atoms with E-state index in [1.807, 2.05) is 0 Å². The lowest BCUT2D eigenvalue weighted by Crippen LogP contribution is -2.41. The summed E-state index contributed by atoms with van der Waals surface area (Å²) < 4.78 is 42.4. The van der Waals surface area contributed by atoms with Crippen LogP contribution < -0.4 is 11.1 Å². The Bertz CT molecular complexity index is 425. The van der Waals surface area contributed by atoms with Gasteiger partial charge in [0.1, 0.15) is 0 Å². The maximum Gasteiger partial charge on any atom is 0.401 e. The number of nitrogens with zero attached hydrogens (tertiary/aromatic N) is 3. The molecule has 2 aliphatic heterocycles. The second-order valence-corrected chi connectivity index (χ2v) is 7.12. The van der Waals surface area contributed by atoms with Gasteiger partial charge in [-0.3, -0.25) is 14.8 Å². The van der Waals surface area contributed by atoms with Crippen molar-refractivity contribution in [3.63, 3.8) is 0 Å². The number of likely N-dealkylation sites (tertiary alicyclic amines) is 1. The normalized spacial score (nSPS) is 21.1. The second kappa shape index (κ2) is 13.0. The van der Waals surface area contributed by atoms with E-state index >= 15 is 0 Å². The standard InChI is InChI=1S/C17H32F3N5O.HI/c18-17(19,20)14-25-8-3-15(4-9-25)2-6-23-16(21)22-5-1-7-24-10-12-26-13-11-24;/h15H,1-14H2,(H3,21,22,23);1H. The van der Waals surface area contributed by atoms with Crippen molar-refractivity contribution in [1.29, 1.82) is 0 Å². The molecule has 0 unspecified atom stereocenters. The van der Waals surface area contributed by atoms with Crippen molar-refractivity contribution in [2.45, 2.75) is 31.9 Å². The minimum Gasteiger partial charge on any atom is -0.379 e. The number of nitrogens with two attached hydrogens (primary N) is 1. The van der Waals surface area contributed by atoms with Crippen LogP contribution in [0, 0.1) is 5.92 Å². The van der Waals surface area contributed by atoms with Crippen LogP contribution in [0.4, 0.5) is 13.2 Å². The van der Waals surface area contributed by atoms with Gasteiger partial charge in [-0.15, -0.1) is 24.0 Å². The first-order valence-corrected chi connectivity index (χ1v) is 9.55. The number of halogens is 4. The first-order valence-electron chi connectivity index (χ1n) is 9.55. The minimum atomic E-state index is -4.10. The molecule has 0 radical (unpaired) electrons. The van der Waals surface area contributed by atoms with Crippen LogP contribution in [0.25, 0.3) is 0 Å². The van der Waals surface area contributed by atoms with E-state index in [1.54, 1.807) is 0 Å². The van der Waals surface area contributed by atoms with Crippen molar-refractivity contribution in [2.75, 3.05) is 65.6 Å². The molecule has 2 aliphatic rings. The summed E-state index contributed by atoms with van der Waals surface area (Å²) >= 11 is 0. The molecule has 0 spiro atoms. The van der Waals surface area contributed by atoms with E-state index in [2.05, 4.69) is 15.2 Å². The average molecular weight is 507 g/mol. The molecule has 2 saturated heterocycles. The Balaban J connectivity index is 0.00000364. The molecule has 0 amide bonds. The van der Waals surface area contributed by atoms with Crippen LogP contribution >= 0.6 is 24.0 Å². The summed E-state index contributed by atoms with van der Waals surface area (Å²) in [7, 11) is 0. The zero-order valence-corrected chi connectivity index (χ0v) is 18.2. The lowest BCUT2D eigenvalue weighted by Gasteiger charge is -2.32. The van der Waals surface area contributed by atoms with Crippen LogP contribution in [0.15, 0.2) is 4.99 Å². The third-order valence-corrected chi connectivity index (χ3v) is 4.99. The van der Waals surface area contributed by atoms with Crippen molar-refractivity contribution >= 4 is 29.9 Å². The smallest absolute Gasteiger partial charge is 0.379 e. The van der Waals surface area contributed by atoms with Crippen molar-refractivity contribution in [3.05, 3.63) is 0 Å². The summed E-state index contributed by atoms with van der Waals surface area (Å²) in [6, 6.07) is 0. The van der Waals surface area contributed by atoms with Crippen LogP contribution in [-0.4, -0.2) is 87.5 Å². The Morgan fingerprint density at radius 3 is 2.41 bits per heavy atom. The Kier molecular flexibility index (Phi) is 11.9. The van der Waals surface area contributed by atoms with E-state index in [1.165, 1.54) is 4.90 Å². The van der Waals surface area contributed by atoms with Gasteiger partial charge >= 0.3 is 6.18 Å². The van der Waals surface area contributed by atoms with Gasteiger partial charge in [-0.05, 0) is 44.7 Å². The number of alkyl halides is 3. The van der Waals surface area contributed by atoms with E-state index in [0.29, 0.717) is 31.5 Å². The molecule has 6 nitrogen and oxygen atoms in total. The van der Waals surface area contributed by atoms with Gasteiger partial charge in [0, 0.05) is 32.7 Å². The molecular weight excluding hydrogens is 474 g/mol. The van der Waals surface area contributed by atoms with Crippen molar-refractivity contribution in [3.8, 4) is 0 Å². The zero-order valence-electron chi connectivity index (χ0n) is 15.8. The number of ether oxygens (including phenoxy) is 1. The summed E-state index contributed by atoms with van der Waals surface area (Å²) in [5.41, 5.74) is 5.87. The lowest BCUT2D eigenvalue weighted by molar-refractivity contribution is -0.148. The number of guanidine groups is 1. The van der Waals surface area contributed by atoms with Crippen molar-refractivity contribution in [1.82, 2.24) is 15.1 Å². The summed E-state index contributed by atoms with van der Waals surface area (Å²) in [6.45, 7) is 6.28. The predicted molar refractivity (Wildman–Crippen MR) is 112 cm³/mol. The molecule has 0 saturated carbocycles. The van der Waals surface area contributed by atoms with E-state index in [-0.39, 0.29) is 24.0 Å². The highest BCUT2D eigenvalue weighted by molar-refractivity contribution is 14.0. The molecule has 2 fully saturated rings. The minimum absolute atomic E-state index is 0. The highest BCUT2D eigenvalue weighted by atomic mass is 127. The Morgan fingerprint density at radius 2 is 1.78 bits per heavy atom. The maximum absolute atomic E-state index is 12.4. The average Bonchev–Trinajstić information content (AvgIpc) is 2.60. The fourth-order valence-electron chi connectivity index (χ4n) is 3.47. The largest absolute Gasteiger partial charge is 0.401 e. The summed E-state index contributed by atoms with van der Waals surface area (Å²) in [4.78, 5) is 8.20. The highest BCUT2D eigenvalue weighted by Gasteiger charge is 2.32. The Labute approximate surface area is 177 Å². The molecule has 10 heteroatoms. The molecular formula is C17H33F3IN5O. The molecule has 3 N–H and O–H groups in total. The maximum atomic E-state index is 12.4. The van der Waals surface area contributed by atoms with Crippen molar-refractivity contribution < 1.29 is 17.9 Å². The topological polar surface area (TPSA) is 66.1 Å². The SMILES string of the molecule is I.NC(=NCCCN1CCOCC1)NCCC1CCN(CC(F)(F)F)CC1. The Morgan fingerprint density at radius 1 is 1.11 bits per heavy atom. The Hall–Kier alpha value is -0.330. The molecule has 0 aromatic rings. The number of nitrogens with one attached hydrogen (secondary N) is 1. The van der Waals surface area contributed by atoms with Crippen LogP contribution in [-0.2, 0) is 4.74 Å². The summed E-state index contributed by atoms with van der Waals surface area (Å²) in [6.07, 6.45) is -0.576. The van der Waals surface area contributed by atoms with Crippen LogP contribution in [0.3, 0.4) is 0 Å². The molecule has 0 aromatic heterocycles. The van der Waals surface area contributed by atoms with Crippen LogP contribution in [0.2, 0.25) is 0 Å². The van der Waals surface area contributed by atoms with Crippen LogP contribution in [0.1, 0.15) is 25.7 Å². The van der Waals surface area contributed by atoms with E-state index in [4.69, 9.17) is 10.5 Å². The molecule has 0 bridgehead atoms. The molecule has 2 heterocycles. The van der Waals surface area contributed by atoms with Gasteiger partial charge < -0.3 is 15.8 Å². The monoisotopic (exact) mass is 507 g/mol. The molecule has 0 aliphatic carbocycles. The van der Waals surface area contributed by atoms with Gasteiger partial charge in [-0.1, -0.05) is 0 Å². The van der Waals surface area contributed by atoms with Gasteiger partial charge in [0.25, 0.3) is 0 Å². The first-order chi connectivity index (χ1) is 12.4. The fourth-order valence-corrected chi connectivity index (χ4v) is 3.47. The second-order valence-electron chi connectivity index (χ2n) is 7.12. The number of aliphatic imine (C=N–C) groups is 1. The molecule has 0 aromatic carbocycles. The van der Waals surface area contributed by atoms with Gasteiger partial charge in [-0.2, -0.15) is 13.2 Å². The third kappa shape index (κ3) is 11.3. The lowest BCUT2D eigenvalue weighted by atomic mass is 9.93. The quantitative estimate of drug-likeness (QED) is 0.228. The third-order valence-electron chi connectivity index (χ3n) is 4.99. The van der Waals surface area contributed by atoms with Gasteiger partial charge in [-0.25, -0.2) is 0 Å².